The molecule has 0 atom stereocenters. The molecular weight excluding hydrogens is 304 g/mol. The van der Waals surface area contributed by atoms with Crippen molar-refractivity contribution in [1.82, 2.24) is 9.88 Å². The topological polar surface area (TPSA) is 95.9 Å². The number of nitrogens with two attached hydrogens (primary N) is 1. The number of hydrogen-bond acceptors (Lipinski definition) is 5. The number of alkyl halides is 2. The van der Waals surface area contributed by atoms with Gasteiger partial charge in [0.25, 0.3) is 5.56 Å². The number of pyridine rings is 1. The Morgan fingerprint density at radius 1 is 1.52 bits per heavy atom. The second-order valence-corrected chi connectivity index (χ2v) is 5.78. The highest BCUT2D eigenvalue weighted by molar-refractivity contribution is 5.91. The molecule has 126 valence electrons. The highest BCUT2D eigenvalue weighted by Gasteiger charge is 2.34. The fourth-order valence-corrected chi connectivity index (χ4v) is 2.65. The van der Waals surface area contributed by atoms with Crippen molar-refractivity contribution in [2.75, 3.05) is 11.1 Å². The largest absolute Gasteiger partial charge is 0.398 e. The van der Waals surface area contributed by atoms with Crippen LogP contribution >= 0.6 is 0 Å². The molecule has 1 heterocycles. The molecule has 0 saturated heterocycles. The van der Waals surface area contributed by atoms with Gasteiger partial charge in [0, 0.05) is 43.9 Å². The van der Waals surface area contributed by atoms with Crippen molar-refractivity contribution >= 4 is 17.7 Å². The van der Waals surface area contributed by atoms with E-state index in [4.69, 9.17) is 11.1 Å². The summed E-state index contributed by atoms with van der Waals surface area (Å²) in [5.41, 5.74) is 5.99. The molecule has 23 heavy (non-hydrogen) atoms. The van der Waals surface area contributed by atoms with Gasteiger partial charge in [0.15, 0.2) is 0 Å². The van der Waals surface area contributed by atoms with Crippen LogP contribution < -0.4 is 21.9 Å². The Balaban J connectivity index is 2.09. The van der Waals surface area contributed by atoms with Crippen LogP contribution in [0, 0.1) is 5.41 Å². The zero-order valence-corrected chi connectivity index (χ0v) is 13.0. The zero-order valence-electron chi connectivity index (χ0n) is 13.0. The van der Waals surface area contributed by atoms with E-state index in [2.05, 4.69) is 17.2 Å². The third kappa shape index (κ3) is 3.88. The summed E-state index contributed by atoms with van der Waals surface area (Å²) in [6.45, 7) is 3.82. The average Bonchev–Trinajstić information content (AvgIpc) is 2.47. The van der Waals surface area contributed by atoms with Crippen LogP contribution in [-0.2, 0) is 7.05 Å². The molecule has 6 nitrogen and oxygen atoms in total. The Morgan fingerprint density at radius 3 is 2.70 bits per heavy atom. The highest BCUT2D eigenvalue weighted by Crippen LogP contribution is 2.33. The smallest absolute Gasteiger partial charge is 0.253 e. The fraction of sp³-hybridized carbons (Fsp3) is 0.467. The van der Waals surface area contributed by atoms with Crippen LogP contribution in [0.5, 0.6) is 0 Å². The lowest BCUT2D eigenvalue weighted by Crippen LogP contribution is -2.38. The number of hydrogen-bond donors (Lipinski definition) is 4. The number of halogens is 2. The van der Waals surface area contributed by atoms with E-state index in [-0.39, 0.29) is 30.1 Å². The van der Waals surface area contributed by atoms with Gasteiger partial charge in [0.2, 0.25) is 5.92 Å². The maximum Gasteiger partial charge on any atom is 0.253 e. The van der Waals surface area contributed by atoms with Gasteiger partial charge >= 0.3 is 0 Å². The Bertz CT molecular complexity index is 673. The summed E-state index contributed by atoms with van der Waals surface area (Å²) >= 11 is 0. The average molecular weight is 325 g/mol. The van der Waals surface area contributed by atoms with E-state index >= 15 is 0 Å². The standard InChI is InChI=1S/C15H21F2N5O/c1-9(20-10-3-5-15(16,17)6-4-10)21-14-11(8-18)12(19)7-13(23)22(14)2/h7-8,10,18,20-21H,1,3-6,19H2,2H3. The van der Waals surface area contributed by atoms with E-state index in [9.17, 15) is 13.6 Å². The second-order valence-electron chi connectivity index (χ2n) is 5.78. The Morgan fingerprint density at radius 2 is 2.13 bits per heavy atom. The lowest BCUT2D eigenvalue weighted by atomic mass is 9.92. The maximum atomic E-state index is 13.2. The fourth-order valence-electron chi connectivity index (χ4n) is 2.65. The molecule has 0 aliphatic heterocycles. The predicted octanol–water partition coefficient (Wildman–Crippen LogP) is 2.02. The molecule has 1 saturated carbocycles. The van der Waals surface area contributed by atoms with Gasteiger partial charge in [0.1, 0.15) is 5.82 Å². The van der Waals surface area contributed by atoms with Crippen molar-refractivity contribution in [1.29, 1.82) is 5.41 Å². The lowest BCUT2D eigenvalue weighted by molar-refractivity contribution is -0.0396. The molecule has 0 amide bonds. The number of nitrogens with zero attached hydrogens (tertiary/aromatic N) is 1. The predicted molar refractivity (Wildman–Crippen MR) is 87.1 cm³/mol. The molecule has 1 aromatic heterocycles. The molecule has 1 fully saturated rings. The first kappa shape index (κ1) is 17.0. The van der Waals surface area contributed by atoms with Crippen molar-refractivity contribution in [3.8, 4) is 0 Å². The first-order chi connectivity index (χ1) is 10.7. The SMILES string of the molecule is C=C(Nc1c(C=N)c(N)cc(=O)n1C)NC1CCC(F)(F)CC1. The van der Waals surface area contributed by atoms with Gasteiger partial charge in [-0.05, 0) is 12.8 Å². The van der Waals surface area contributed by atoms with E-state index in [0.717, 1.165) is 6.21 Å². The monoisotopic (exact) mass is 325 g/mol. The highest BCUT2D eigenvalue weighted by atomic mass is 19.3. The molecule has 8 heteroatoms. The molecule has 0 unspecified atom stereocenters. The molecule has 1 aliphatic carbocycles. The number of anilines is 2. The first-order valence-electron chi connectivity index (χ1n) is 7.34. The summed E-state index contributed by atoms with van der Waals surface area (Å²) in [5.74, 6) is -1.87. The van der Waals surface area contributed by atoms with Crippen LogP contribution in [0.25, 0.3) is 0 Å². The van der Waals surface area contributed by atoms with Gasteiger partial charge in [-0.2, -0.15) is 0 Å². The van der Waals surface area contributed by atoms with Gasteiger partial charge in [0.05, 0.1) is 11.4 Å². The summed E-state index contributed by atoms with van der Waals surface area (Å²) in [7, 11) is 1.55. The van der Waals surface area contributed by atoms with E-state index < -0.39 is 5.92 Å². The van der Waals surface area contributed by atoms with Gasteiger partial charge in [-0.15, -0.1) is 0 Å². The third-order valence-corrected chi connectivity index (χ3v) is 4.02. The molecule has 2 rings (SSSR count). The summed E-state index contributed by atoms with van der Waals surface area (Å²) < 4.78 is 27.6. The summed E-state index contributed by atoms with van der Waals surface area (Å²) in [6, 6.07) is 1.14. The second kappa shape index (κ2) is 6.39. The number of nitrogens with one attached hydrogen (secondary N) is 3. The summed E-state index contributed by atoms with van der Waals surface area (Å²) in [4.78, 5) is 11.8. The van der Waals surface area contributed by atoms with Crippen molar-refractivity contribution in [3.63, 3.8) is 0 Å². The van der Waals surface area contributed by atoms with E-state index in [1.807, 2.05) is 0 Å². The molecule has 0 spiro atoms. The van der Waals surface area contributed by atoms with Crippen LogP contribution in [0.4, 0.5) is 20.3 Å². The van der Waals surface area contributed by atoms with Crippen LogP contribution in [0.1, 0.15) is 31.2 Å². The molecule has 0 radical (unpaired) electrons. The molecule has 0 aromatic carbocycles. The Labute approximate surface area is 132 Å². The first-order valence-corrected chi connectivity index (χ1v) is 7.34. The van der Waals surface area contributed by atoms with Crippen molar-refractivity contribution in [2.45, 2.75) is 37.6 Å². The van der Waals surface area contributed by atoms with E-state index in [1.165, 1.54) is 10.6 Å². The summed E-state index contributed by atoms with van der Waals surface area (Å²) in [5, 5.41) is 13.4. The third-order valence-electron chi connectivity index (χ3n) is 4.02. The van der Waals surface area contributed by atoms with Crippen LogP contribution in [-0.4, -0.2) is 22.7 Å². The van der Waals surface area contributed by atoms with E-state index in [0.29, 0.717) is 30.0 Å². The number of nitrogen functional groups attached to an aromatic ring is 1. The van der Waals surface area contributed by atoms with Crippen molar-refractivity contribution in [2.24, 2.45) is 7.05 Å². The minimum absolute atomic E-state index is 0.101. The quantitative estimate of drug-likeness (QED) is 0.623. The molecule has 1 aromatic rings. The molecular formula is C15H21F2N5O. The zero-order chi connectivity index (χ0) is 17.2. The van der Waals surface area contributed by atoms with Crippen molar-refractivity contribution < 1.29 is 8.78 Å². The Kier molecular flexibility index (Phi) is 4.72. The number of rotatable bonds is 5. The molecule has 1 aliphatic rings. The van der Waals surface area contributed by atoms with Crippen LogP contribution in [0.2, 0.25) is 0 Å². The minimum atomic E-state index is -2.59. The Hall–Kier alpha value is -2.38. The van der Waals surface area contributed by atoms with Gasteiger partial charge in [-0.25, -0.2) is 8.78 Å². The molecule has 5 N–H and O–H groups in total. The van der Waals surface area contributed by atoms with Crippen LogP contribution in [0.3, 0.4) is 0 Å². The van der Waals surface area contributed by atoms with Crippen molar-refractivity contribution in [3.05, 3.63) is 34.4 Å². The molecule has 0 bridgehead atoms. The van der Waals surface area contributed by atoms with Gasteiger partial charge < -0.3 is 21.8 Å². The lowest BCUT2D eigenvalue weighted by Gasteiger charge is -2.30. The normalized spacial score (nSPS) is 17.5. The number of aromatic nitrogens is 1. The van der Waals surface area contributed by atoms with E-state index in [1.54, 1.807) is 7.05 Å². The van der Waals surface area contributed by atoms with Gasteiger partial charge in [-0.1, -0.05) is 6.58 Å². The summed E-state index contributed by atoms with van der Waals surface area (Å²) in [6.07, 6.45) is 1.44. The minimum Gasteiger partial charge on any atom is -0.398 e. The maximum absolute atomic E-state index is 13.2. The van der Waals surface area contributed by atoms with Gasteiger partial charge in [-0.3, -0.25) is 9.36 Å². The van der Waals surface area contributed by atoms with Crippen LogP contribution in [0.15, 0.2) is 23.3 Å².